The van der Waals surface area contributed by atoms with E-state index < -0.39 is 12.3 Å². The number of carbonyl (C=O) groups is 1. The summed E-state index contributed by atoms with van der Waals surface area (Å²) in [4.78, 5) is 31.7. The Morgan fingerprint density at radius 1 is 0.970 bits per heavy atom. The van der Waals surface area contributed by atoms with Crippen molar-refractivity contribution < 1.29 is 9.90 Å². The Morgan fingerprint density at radius 2 is 1.64 bits per heavy atom. The number of carboxylic acid groups (broad SMARTS) is 1. The number of imidazole rings is 1. The van der Waals surface area contributed by atoms with Gasteiger partial charge in [-0.1, -0.05) is 60.7 Å². The van der Waals surface area contributed by atoms with Crippen LogP contribution in [0.1, 0.15) is 24.4 Å². The van der Waals surface area contributed by atoms with Crippen molar-refractivity contribution >= 4 is 22.8 Å². The Balaban J connectivity index is 1.55. The fourth-order valence-electron chi connectivity index (χ4n) is 4.88. The molecular weight excluding hydrogens is 416 g/mol. The first-order chi connectivity index (χ1) is 16.1. The lowest BCUT2D eigenvalue weighted by molar-refractivity contribution is 0.0890. The van der Waals surface area contributed by atoms with Gasteiger partial charge in [0.1, 0.15) is 6.17 Å². The molecule has 168 valence electrons. The van der Waals surface area contributed by atoms with E-state index >= 15 is 0 Å². The zero-order valence-corrected chi connectivity index (χ0v) is 18.2. The van der Waals surface area contributed by atoms with Crippen LogP contribution in [0, 0.1) is 0 Å². The zero-order valence-electron chi connectivity index (χ0n) is 18.2. The number of nitrogens with zero attached hydrogens (tertiary/aromatic N) is 3. The molecule has 0 spiro atoms. The van der Waals surface area contributed by atoms with E-state index in [0.29, 0.717) is 25.9 Å². The van der Waals surface area contributed by atoms with E-state index in [0.717, 1.165) is 22.3 Å². The van der Waals surface area contributed by atoms with Crippen LogP contribution < -0.4 is 10.6 Å². The maximum atomic E-state index is 12.9. The quantitative estimate of drug-likeness (QED) is 0.470. The van der Waals surface area contributed by atoms with Gasteiger partial charge in [0.2, 0.25) is 0 Å². The van der Waals surface area contributed by atoms with E-state index in [9.17, 15) is 14.7 Å². The maximum Gasteiger partial charge on any atom is 0.408 e. The third-order valence-electron chi connectivity index (χ3n) is 6.42. The van der Waals surface area contributed by atoms with E-state index in [4.69, 9.17) is 0 Å². The van der Waals surface area contributed by atoms with Crippen LogP contribution >= 0.6 is 0 Å². The number of para-hydroxylation sites is 3. The normalized spacial score (nSPS) is 18.4. The van der Waals surface area contributed by atoms with Gasteiger partial charge in [-0.25, -0.2) is 9.59 Å². The second kappa shape index (κ2) is 8.86. The largest absolute Gasteiger partial charge is 0.465 e. The summed E-state index contributed by atoms with van der Waals surface area (Å²) in [5.41, 5.74) is 3.54. The number of amides is 1. The van der Waals surface area contributed by atoms with Crippen LogP contribution in [-0.2, 0) is 6.54 Å². The van der Waals surface area contributed by atoms with Crippen molar-refractivity contribution in [1.82, 2.24) is 14.5 Å². The van der Waals surface area contributed by atoms with Crippen molar-refractivity contribution in [3.8, 4) is 0 Å². The predicted octanol–water partition coefficient (Wildman–Crippen LogP) is 4.68. The Labute approximate surface area is 191 Å². The molecule has 2 N–H and O–H groups in total. The van der Waals surface area contributed by atoms with Gasteiger partial charge in [-0.05, 0) is 36.2 Å². The first-order valence-electron chi connectivity index (χ1n) is 11.2. The molecule has 3 aromatic carbocycles. The van der Waals surface area contributed by atoms with Crippen molar-refractivity contribution in [2.24, 2.45) is 0 Å². The van der Waals surface area contributed by atoms with E-state index in [1.54, 1.807) is 4.57 Å². The highest BCUT2D eigenvalue weighted by atomic mass is 16.4. The van der Waals surface area contributed by atoms with Gasteiger partial charge in [0.15, 0.2) is 0 Å². The molecule has 0 aliphatic carbocycles. The number of fused-ring (bicyclic) bond motifs is 1. The molecule has 1 aliphatic heterocycles. The minimum atomic E-state index is -0.946. The Kier molecular flexibility index (Phi) is 5.60. The Hall–Kier alpha value is -4.00. The van der Waals surface area contributed by atoms with Gasteiger partial charge in [0, 0.05) is 31.2 Å². The summed E-state index contributed by atoms with van der Waals surface area (Å²) in [6, 6.07) is 27.5. The highest BCUT2D eigenvalue weighted by Crippen LogP contribution is 2.33. The molecule has 7 heteroatoms. The summed E-state index contributed by atoms with van der Waals surface area (Å²) in [6.45, 7) is 0.920. The topological polar surface area (TPSA) is 81.6 Å². The standard InChI is InChI=1S/C26H26N4O3/c31-25-27-22-13-7-8-14-23(22)30(25)21-15-16-28(26(32)33)24(17-21)29(20-11-5-2-6-12-20)18-19-9-3-1-4-10-19/h1-14,21,24H,15-18H2,(H,27,31)(H,32,33). The van der Waals surface area contributed by atoms with Crippen molar-refractivity contribution in [3.05, 3.63) is 101 Å². The van der Waals surface area contributed by atoms with E-state index in [-0.39, 0.29) is 11.7 Å². The molecule has 0 bridgehead atoms. The van der Waals surface area contributed by atoms with E-state index in [2.05, 4.69) is 9.88 Å². The highest BCUT2D eigenvalue weighted by molar-refractivity contribution is 5.75. The SMILES string of the molecule is O=C(O)N1CCC(n2c(=O)[nH]c3ccccc32)CC1N(Cc1ccccc1)c1ccccc1. The zero-order chi connectivity index (χ0) is 22.8. The van der Waals surface area contributed by atoms with E-state index in [1.807, 2.05) is 84.9 Å². The number of piperidine rings is 1. The van der Waals surface area contributed by atoms with Gasteiger partial charge in [-0.2, -0.15) is 0 Å². The van der Waals surface area contributed by atoms with Gasteiger partial charge < -0.3 is 15.0 Å². The molecule has 2 unspecified atom stereocenters. The summed E-state index contributed by atoms with van der Waals surface area (Å²) in [5, 5.41) is 10.0. The molecule has 33 heavy (non-hydrogen) atoms. The lowest BCUT2D eigenvalue weighted by atomic mass is 9.99. The summed E-state index contributed by atoms with van der Waals surface area (Å²) in [6.07, 6.45) is -0.267. The first-order valence-corrected chi connectivity index (χ1v) is 11.2. The van der Waals surface area contributed by atoms with Crippen LogP contribution in [0.4, 0.5) is 10.5 Å². The van der Waals surface area contributed by atoms with Gasteiger partial charge in [0.25, 0.3) is 0 Å². The van der Waals surface area contributed by atoms with Crippen LogP contribution in [0.25, 0.3) is 11.0 Å². The van der Waals surface area contributed by atoms with Crippen LogP contribution in [0.5, 0.6) is 0 Å². The Bertz CT molecular complexity index is 1300. The second-order valence-electron chi connectivity index (χ2n) is 8.40. The molecule has 1 aliphatic rings. The van der Waals surface area contributed by atoms with Crippen LogP contribution in [0.3, 0.4) is 0 Å². The van der Waals surface area contributed by atoms with Gasteiger partial charge in [0.05, 0.1) is 11.0 Å². The average Bonchev–Trinajstić information content (AvgIpc) is 3.19. The van der Waals surface area contributed by atoms with Gasteiger partial charge in [-0.15, -0.1) is 0 Å². The van der Waals surface area contributed by atoms with Crippen molar-refractivity contribution in [3.63, 3.8) is 0 Å². The van der Waals surface area contributed by atoms with Crippen molar-refractivity contribution in [1.29, 1.82) is 0 Å². The molecule has 0 saturated carbocycles. The van der Waals surface area contributed by atoms with Crippen molar-refractivity contribution in [2.75, 3.05) is 11.4 Å². The van der Waals surface area contributed by atoms with E-state index in [1.165, 1.54) is 4.90 Å². The summed E-state index contributed by atoms with van der Waals surface area (Å²) in [7, 11) is 0. The molecule has 2 heterocycles. The molecule has 1 amide bonds. The van der Waals surface area contributed by atoms with Crippen molar-refractivity contribution in [2.45, 2.75) is 31.6 Å². The number of nitrogens with one attached hydrogen (secondary N) is 1. The number of H-pyrrole nitrogens is 1. The summed E-state index contributed by atoms with van der Waals surface area (Å²) >= 11 is 0. The maximum absolute atomic E-state index is 12.9. The number of hydrogen-bond donors (Lipinski definition) is 2. The highest BCUT2D eigenvalue weighted by Gasteiger charge is 2.37. The lowest BCUT2D eigenvalue weighted by Gasteiger charge is -2.45. The molecule has 1 saturated heterocycles. The number of benzene rings is 3. The smallest absolute Gasteiger partial charge is 0.408 e. The average molecular weight is 443 g/mol. The third kappa shape index (κ3) is 4.09. The molecule has 7 nitrogen and oxygen atoms in total. The number of likely N-dealkylation sites (tertiary alicyclic amines) is 1. The van der Waals surface area contributed by atoms with Crippen LogP contribution in [-0.4, -0.2) is 38.4 Å². The lowest BCUT2D eigenvalue weighted by Crippen LogP contribution is -2.55. The van der Waals surface area contributed by atoms with Gasteiger partial charge >= 0.3 is 11.8 Å². The molecule has 2 atom stereocenters. The summed E-state index contributed by atoms with van der Waals surface area (Å²) < 4.78 is 1.80. The van der Waals surface area contributed by atoms with Gasteiger partial charge in [-0.3, -0.25) is 9.47 Å². The molecule has 0 radical (unpaired) electrons. The van der Waals surface area contributed by atoms with Crippen LogP contribution in [0.2, 0.25) is 0 Å². The summed E-state index contributed by atoms with van der Waals surface area (Å²) in [5.74, 6) is 0. The number of aromatic nitrogens is 2. The molecule has 4 aromatic rings. The minimum absolute atomic E-state index is 0.115. The molecular formula is C26H26N4O3. The minimum Gasteiger partial charge on any atom is -0.465 e. The Morgan fingerprint density at radius 3 is 2.36 bits per heavy atom. The fraction of sp³-hybridized carbons (Fsp3) is 0.231. The number of rotatable bonds is 5. The fourth-order valence-corrected chi connectivity index (χ4v) is 4.88. The monoisotopic (exact) mass is 442 g/mol. The second-order valence-corrected chi connectivity index (χ2v) is 8.40. The van der Waals surface area contributed by atoms with Crippen LogP contribution in [0.15, 0.2) is 89.7 Å². The first kappa shape index (κ1) is 20.9. The number of hydrogen-bond acceptors (Lipinski definition) is 3. The molecule has 1 aromatic heterocycles. The predicted molar refractivity (Wildman–Crippen MR) is 128 cm³/mol. The molecule has 5 rings (SSSR count). The number of anilines is 1. The number of aromatic amines is 1. The molecule has 1 fully saturated rings. The third-order valence-corrected chi connectivity index (χ3v) is 6.42.